The molecule has 10 heteroatoms. The number of hydrogen-bond acceptors (Lipinski definition) is 6. The summed E-state index contributed by atoms with van der Waals surface area (Å²) in [6.45, 7) is 8.34. The molecule has 8 nitrogen and oxygen atoms in total. The van der Waals surface area contributed by atoms with E-state index in [9.17, 15) is 19.5 Å². The van der Waals surface area contributed by atoms with Crippen LogP contribution in [0.3, 0.4) is 0 Å². The van der Waals surface area contributed by atoms with Crippen LogP contribution in [0.5, 0.6) is 5.75 Å². The maximum absolute atomic E-state index is 14.6. The lowest BCUT2D eigenvalue weighted by Crippen LogP contribution is -2.50. The molecule has 1 aliphatic carbocycles. The van der Waals surface area contributed by atoms with Gasteiger partial charge in [-0.3, -0.25) is 9.59 Å². The first kappa shape index (κ1) is 35.2. The molecule has 4 aromatic rings. The van der Waals surface area contributed by atoms with Crippen molar-refractivity contribution < 1.29 is 24.2 Å². The number of rotatable bonds is 11. The summed E-state index contributed by atoms with van der Waals surface area (Å²) >= 11 is 8.28. The topological polar surface area (TPSA) is 108 Å². The molecule has 254 valence electrons. The third-order valence-corrected chi connectivity index (χ3v) is 10.9. The number of carbonyl (C=O) groups is 3. The smallest absolute Gasteiger partial charge is 0.404 e. The first-order valence-electron chi connectivity index (χ1n) is 16.3. The Morgan fingerprint density at radius 2 is 1.67 bits per heavy atom. The molecule has 0 aliphatic heterocycles. The number of ether oxygens (including phenoxy) is 1. The minimum atomic E-state index is -1.01. The predicted octanol–water partition coefficient (Wildman–Crippen LogP) is 9.11. The molecule has 0 spiro atoms. The van der Waals surface area contributed by atoms with Crippen LogP contribution >= 0.6 is 22.9 Å². The number of nitrogens with one attached hydrogen (secondary N) is 2. The number of ketones is 1. The fourth-order valence-corrected chi connectivity index (χ4v) is 8.31. The molecular formula is C38H44ClN3O5S. The van der Waals surface area contributed by atoms with Crippen molar-refractivity contribution in [3.63, 3.8) is 0 Å². The molecule has 1 saturated carbocycles. The second-order valence-corrected chi connectivity index (χ2v) is 15.1. The number of Topliss-reactive ketones (excluding diaryl/α,β-unsaturated/α-hetero) is 1. The SMILES string of the molecule is COc1ccc(-c2ccc(NCC(C)=O)cc2)cc1CN(C(=O)c1sc2ccccc2c1Cl)C1CCC(C(NC(=O)O)C(C)(C)C)CC1. The average Bonchev–Trinajstić information content (AvgIpc) is 3.40. The molecule has 3 aromatic carbocycles. The Hall–Kier alpha value is -4.08. The van der Waals surface area contributed by atoms with Gasteiger partial charge in [0.25, 0.3) is 5.91 Å². The van der Waals surface area contributed by atoms with Crippen LogP contribution in [0, 0.1) is 11.3 Å². The van der Waals surface area contributed by atoms with Crippen molar-refractivity contribution in [2.45, 2.75) is 72.0 Å². The maximum atomic E-state index is 14.6. The van der Waals surface area contributed by atoms with Crippen molar-refractivity contribution >= 4 is 56.5 Å². The van der Waals surface area contributed by atoms with Gasteiger partial charge in [-0.05, 0) is 85.4 Å². The second kappa shape index (κ2) is 15.0. The Bertz CT molecular complexity index is 1770. The Balaban J connectivity index is 1.46. The van der Waals surface area contributed by atoms with E-state index in [2.05, 4.69) is 37.5 Å². The summed E-state index contributed by atoms with van der Waals surface area (Å²) < 4.78 is 6.77. The van der Waals surface area contributed by atoms with Gasteiger partial charge in [-0.1, -0.05) is 68.8 Å². The van der Waals surface area contributed by atoms with Crippen molar-refractivity contribution in [3.05, 3.63) is 82.2 Å². The number of anilines is 1. The van der Waals surface area contributed by atoms with E-state index in [1.54, 1.807) is 14.0 Å². The molecule has 1 unspecified atom stereocenters. The summed E-state index contributed by atoms with van der Waals surface area (Å²) in [5.41, 5.74) is 3.47. The quantitative estimate of drug-likeness (QED) is 0.145. The summed E-state index contributed by atoms with van der Waals surface area (Å²) in [7, 11) is 1.64. The van der Waals surface area contributed by atoms with E-state index in [0.29, 0.717) is 22.2 Å². The minimum absolute atomic E-state index is 0.0642. The molecule has 5 rings (SSSR count). The third kappa shape index (κ3) is 8.13. The van der Waals surface area contributed by atoms with Crippen molar-refractivity contribution in [2.24, 2.45) is 11.3 Å². The van der Waals surface area contributed by atoms with Gasteiger partial charge in [0.15, 0.2) is 0 Å². The lowest BCUT2D eigenvalue weighted by atomic mass is 9.72. The Morgan fingerprint density at radius 1 is 1.00 bits per heavy atom. The highest BCUT2D eigenvalue weighted by molar-refractivity contribution is 7.21. The van der Waals surface area contributed by atoms with Crippen molar-refractivity contribution in [2.75, 3.05) is 19.0 Å². The molecule has 0 saturated heterocycles. The van der Waals surface area contributed by atoms with Crippen LogP contribution in [0.2, 0.25) is 5.02 Å². The van der Waals surface area contributed by atoms with Crippen molar-refractivity contribution in [1.82, 2.24) is 10.2 Å². The van der Waals surface area contributed by atoms with Gasteiger partial charge < -0.3 is 25.4 Å². The van der Waals surface area contributed by atoms with E-state index in [4.69, 9.17) is 16.3 Å². The number of halogens is 1. The zero-order valence-electron chi connectivity index (χ0n) is 28.1. The normalized spacial score (nSPS) is 17.0. The lowest BCUT2D eigenvalue weighted by molar-refractivity contribution is -0.115. The molecule has 1 aliphatic rings. The van der Waals surface area contributed by atoms with Gasteiger partial charge in [-0.25, -0.2) is 4.79 Å². The molecular weight excluding hydrogens is 646 g/mol. The van der Waals surface area contributed by atoms with Gasteiger partial charge >= 0.3 is 6.09 Å². The number of amides is 2. The molecule has 1 heterocycles. The molecule has 0 bridgehead atoms. The van der Waals surface area contributed by atoms with E-state index < -0.39 is 6.09 Å². The number of fused-ring (bicyclic) bond motifs is 1. The van der Waals surface area contributed by atoms with Gasteiger partial charge in [0, 0.05) is 40.0 Å². The van der Waals surface area contributed by atoms with Gasteiger partial charge in [-0.2, -0.15) is 0 Å². The Labute approximate surface area is 291 Å². The van der Waals surface area contributed by atoms with Gasteiger partial charge in [0.1, 0.15) is 16.4 Å². The highest BCUT2D eigenvalue weighted by Crippen LogP contribution is 2.41. The fraction of sp³-hybridized carbons (Fsp3) is 0.395. The van der Waals surface area contributed by atoms with E-state index >= 15 is 0 Å². The second-order valence-electron chi connectivity index (χ2n) is 13.7. The van der Waals surface area contributed by atoms with E-state index in [-0.39, 0.29) is 41.7 Å². The largest absolute Gasteiger partial charge is 0.496 e. The number of methoxy groups -OCH3 is 1. The third-order valence-electron chi connectivity index (χ3n) is 9.24. The highest BCUT2D eigenvalue weighted by Gasteiger charge is 2.38. The van der Waals surface area contributed by atoms with Gasteiger partial charge in [-0.15, -0.1) is 11.3 Å². The van der Waals surface area contributed by atoms with Crippen LogP contribution < -0.4 is 15.4 Å². The Morgan fingerprint density at radius 3 is 2.27 bits per heavy atom. The number of thiophene rings is 1. The molecule has 2 amide bonds. The maximum Gasteiger partial charge on any atom is 0.404 e. The molecule has 0 radical (unpaired) electrons. The Kier molecular flexibility index (Phi) is 11.0. The summed E-state index contributed by atoms with van der Waals surface area (Å²) in [6.07, 6.45) is 2.05. The number of benzene rings is 3. The van der Waals surface area contributed by atoms with Crippen LogP contribution in [0.1, 0.15) is 68.6 Å². The first-order valence-corrected chi connectivity index (χ1v) is 17.5. The summed E-state index contributed by atoms with van der Waals surface area (Å²) in [4.78, 5) is 40.1. The number of carbonyl (C=O) groups excluding carboxylic acids is 2. The predicted molar refractivity (Wildman–Crippen MR) is 194 cm³/mol. The van der Waals surface area contributed by atoms with E-state index in [1.807, 2.05) is 65.6 Å². The number of nitrogens with zero attached hydrogens (tertiary/aromatic N) is 1. The van der Waals surface area contributed by atoms with Crippen LogP contribution in [-0.4, -0.2) is 53.5 Å². The first-order chi connectivity index (χ1) is 22.8. The molecule has 1 fully saturated rings. The van der Waals surface area contributed by atoms with Crippen LogP contribution in [0.25, 0.3) is 21.2 Å². The van der Waals surface area contributed by atoms with Crippen molar-refractivity contribution in [3.8, 4) is 16.9 Å². The molecule has 1 aromatic heterocycles. The fourth-order valence-electron chi connectivity index (χ4n) is 6.84. The monoisotopic (exact) mass is 689 g/mol. The molecule has 3 N–H and O–H groups in total. The minimum Gasteiger partial charge on any atom is -0.496 e. The average molecular weight is 690 g/mol. The molecule has 48 heavy (non-hydrogen) atoms. The van der Waals surface area contributed by atoms with Crippen LogP contribution in [0.15, 0.2) is 66.7 Å². The van der Waals surface area contributed by atoms with Crippen molar-refractivity contribution in [1.29, 1.82) is 0 Å². The van der Waals surface area contributed by atoms with E-state index in [0.717, 1.165) is 58.1 Å². The summed E-state index contributed by atoms with van der Waals surface area (Å²) in [6, 6.07) is 21.4. The summed E-state index contributed by atoms with van der Waals surface area (Å²) in [5.74, 6) is 0.794. The molecule has 1 atom stereocenters. The van der Waals surface area contributed by atoms with Gasteiger partial charge in [0.2, 0.25) is 0 Å². The zero-order valence-corrected chi connectivity index (χ0v) is 29.7. The van der Waals surface area contributed by atoms with Gasteiger partial charge in [0.05, 0.1) is 18.7 Å². The van der Waals surface area contributed by atoms with E-state index in [1.165, 1.54) is 11.3 Å². The highest BCUT2D eigenvalue weighted by atomic mass is 35.5. The van der Waals surface area contributed by atoms with Crippen LogP contribution in [0.4, 0.5) is 10.5 Å². The standard InChI is InChI=1S/C38H44ClN3O5S/c1-23(43)21-40-28-15-10-24(11-16-28)26-14-19-31(47-5)27(20-26)22-42(36(44)34-33(39)30-8-6-7-9-32(30)48-34)29-17-12-25(13-18-29)35(38(2,3)4)41-37(45)46/h6-11,14-16,19-20,25,29,35,40-41H,12-13,17-18,21-22H2,1-5H3,(H,45,46). The lowest BCUT2D eigenvalue weighted by Gasteiger charge is -2.43. The number of carboxylic acid groups (broad SMARTS) is 1. The van der Waals surface area contributed by atoms with Crippen LogP contribution in [-0.2, 0) is 11.3 Å². The zero-order chi connectivity index (χ0) is 34.6. The number of hydrogen-bond donors (Lipinski definition) is 3. The summed E-state index contributed by atoms with van der Waals surface area (Å²) in [5, 5.41) is 16.8.